The molecule has 6 rings (SSSR count). The van der Waals surface area contributed by atoms with Gasteiger partial charge in [-0.25, -0.2) is 4.79 Å². The number of carbonyl (C=O) groups is 2. The normalized spacial score (nSPS) is 46.9. The van der Waals surface area contributed by atoms with Gasteiger partial charge in [0.15, 0.2) is 0 Å². The summed E-state index contributed by atoms with van der Waals surface area (Å²) >= 11 is 0. The Morgan fingerprint density at radius 3 is 2.68 bits per heavy atom. The van der Waals surface area contributed by atoms with Crippen molar-refractivity contribution in [3.8, 4) is 0 Å². The van der Waals surface area contributed by atoms with E-state index in [-0.39, 0.29) is 42.1 Å². The van der Waals surface area contributed by atoms with Crippen molar-refractivity contribution in [3.63, 3.8) is 0 Å². The van der Waals surface area contributed by atoms with Crippen LogP contribution in [0, 0.1) is 23.2 Å². The van der Waals surface area contributed by atoms with E-state index in [1.54, 1.807) is 0 Å². The third-order valence-corrected chi connectivity index (χ3v) is 7.59. The Balaban J connectivity index is 1.47. The van der Waals surface area contributed by atoms with Crippen LogP contribution in [-0.4, -0.2) is 58.7 Å². The predicted octanol–water partition coefficient (Wildman–Crippen LogP) is 1.74. The number of aliphatic hydroxyl groups is 1. The molecule has 4 saturated carbocycles. The van der Waals surface area contributed by atoms with E-state index in [4.69, 9.17) is 4.74 Å². The summed E-state index contributed by atoms with van der Waals surface area (Å²) < 4.78 is 5.14. The first-order valence-electron chi connectivity index (χ1n) is 9.54. The van der Waals surface area contributed by atoms with Gasteiger partial charge in [-0.1, -0.05) is 6.08 Å². The monoisotopic (exact) mass is 346 g/mol. The van der Waals surface area contributed by atoms with Gasteiger partial charge in [-0.3, -0.25) is 9.69 Å². The Labute approximate surface area is 147 Å². The fourth-order valence-electron chi connectivity index (χ4n) is 7.02. The lowest BCUT2D eigenvalue weighted by Crippen LogP contribution is -2.63. The largest absolute Gasteiger partial charge is 0.469 e. The van der Waals surface area contributed by atoms with Crippen LogP contribution in [0.3, 0.4) is 0 Å². The number of esters is 1. The molecule has 2 heterocycles. The maximum absolute atomic E-state index is 13.0. The number of amides is 2. The van der Waals surface area contributed by atoms with Crippen molar-refractivity contribution >= 4 is 12.0 Å². The molecule has 6 aliphatic rings. The number of fused-ring (bicyclic) bond motifs is 1. The molecule has 6 nitrogen and oxygen atoms in total. The molecule has 2 amide bonds. The van der Waals surface area contributed by atoms with Gasteiger partial charge in [0.1, 0.15) is 0 Å². The molecule has 5 fully saturated rings. The summed E-state index contributed by atoms with van der Waals surface area (Å²) in [6.07, 6.45) is 9.54. The Morgan fingerprint density at radius 2 is 2.04 bits per heavy atom. The summed E-state index contributed by atoms with van der Waals surface area (Å²) in [6.45, 7) is 0.0100. The molecule has 0 aromatic carbocycles. The first-order valence-corrected chi connectivity index (χ1v) is 9.54. The Morgan fingerprint density at radius 1 is 1.32 bits per heavy atom. The molecule has 4 aliphatic carbocycles. The van der Waals surface area contributed by atoms with E-state index in [0.29, 0.717) is 17.8 Å². The van der Waals surface area contributed by atoms with Gasteiger partial charge >= 0.3 is 12.0 Å². The van der Waals surface area contributed by atoms with Gasteiger partial charge in [-0.2, -0.15) is 0 Å². The van der Waals surface area contributed by atoms with Gasteiger partial charge in [0, 0.05) is 12.2 Å². The second kappa shape index (κ2) is 5.22. The summed E-state index contributed by atoms with van der Waals surface area (Å²) in [5.74, 6) is 1.23. The number of rotatable bonds is 3. The zero-order valence-corrected chi connectivity index (χ0v) is 14.6. The minimum atomic E-state index is -0.324. The summed E-state index contributed by atoms with van der Waals surface area (Å²) in [4.78, 5) is 29.3. The summed E-state index contributed by atoms with van der Waals surface area (Å²) in [7, 11) is 1.49. The maximum Gasteiger partial charge on any atom is 0.325 e. The highest BCUT2D eigenvalue weighted by atomic mass is 16.5. The first-order chi connectivity index (χ1) is 12.1. The molecule has 4 atom stereocenters. The number of aliphatic hydroxyl groups excluding tert-OH is 1. The van der Waals surface area contributed by atoms with Crippen LogP contribution in [0.25, 0.3) is 0 Å². The topological polar surface area (TPSA) is 70.1 Å². The number of nitrogens with zero attached hydrogens (tertiary/aromatic N) is 2. The van der Waals surface area contributed by atoms with Crippen molar-refractivity contribution in [2.75, 3.05) is 13.7 Å². The fraction of sp³-hybridized carbons (Fsp3) is 0.789. The van der Waals surface area contributed by atoms with Crippen molar-refractivity contribution in [1.29, 1.82) is 0 Å². The van der Waals surface area contributed by atoms with Crippen LogP contribution in [0.4, 0.5) is 4.79 Å². The van der Waals surface area contributed by atoms with E-state index < -0.39 is 0 Å². The van der Waals surface area contributed by atoms with Gasteiger partial charge in [0.05, 0.1) is 31.2 Å². The number of methoxy groups -OCH3 is 1. The maximum atomic E-state index is 13.0. The second-order valence-corrected chi connectivity index (χ2v) is 8.77. The van der Waals surface area contributed by atoms with Crippen LogP contribution >= 0.6 is 0 Å². The highest BCUT2D eigenvalue weighted by Crippen LogP contribution is 2.62. The predicted molar refractivity (Wildman–Crippen MR) is 89.3 cm³/mol. The molecule has 1 saturated heterocycles. The molecule has 2 aliphatic heterocycles. The summed E-state index contributed by atoms with van der Waals surface area (Å²) in [5.41, 5.74) is -0.324. The van der Waals surface area contributed by atoms with Crippen molar-refractivity contribution in [1.82, 2.24) is 9.80 Å². The molecule has 0 aromatic heterocycles. The van der Waals surface area contributed by atoms with Crippen LogP contribution in [0.5, 0.6) is 0 Å². The number of urea groups is 1. The Hall–Kier alpha value is -1.56. The van der Waals surface area contributed by atoms with E-state index in [1.165, 1.54) is 7.11 Å². The second-order valence-electron chi connectivity index (χ2n) is 8.77. The smallest absolute Gasteiger partial charge is 0.325 e. The van der Waals surface area contributed by atoms with Gasteiger partial charge in [-0.05, 0) is 56.3 Å². The number of ether oxygens (including phenoxy) is 1. The van der Waals surface area contributed by atoms with Gasteiger partial charge in [0.2, 0.25) is 0 Å². The lowest BCUT2D eigenvalue weighted by molar-refractivity contribution is -0.175. The van der Waals surface area contributed by atoms with Gasteiger partial charge in [-0.15, -0.1) is 0 Å². The average molecular weight is 346 g/mol. The first kappa shape index (κ1) is 15.7. The zero-order chi connectivity index (χ0) is 17.3. The highest BCUT2D eigenvalue weighted by molar-refractivity contribution is 5.81. The van der Waals surface area contributed by atoms with Crippen LogP contribution in [-0.2, 0) is 9.53 Å². The molecule has 4 unspecified atom stereocenters. The van der Waals surface area contributed by atoms with Crippen molar-refractivity contribution < 1.29 is 19.4 Å². The minimum absolute atomic E-state index is 0.0100. The standard InChI is InChI=1S/C19H26N2O4/c1-25-17(23)19-7-11-5-12(8-19)16(13(6-11)9-19)21-15(10-22)14-3-2-4-20(14)18(21)24/h2,4,11-16,22H,3,5-10H2,1H3. The number of hydrogen-bond donors (Lipinski definition) is 1. The lowest BCUT2D eigenvalue weighted by Gasteiger charge is -2.60. The fourth-order valence-corrected chi connectivity index (χ4v) is 7.02. The molecule has 136 valence electrons. The zero-order valence-electron chi connectivity index (χ0n) is 14.6. The molecular weight excluding hydrogens is 320 g/mol. The third kappa shape index (κ3) is 1.94. The van der Waals surface area contributed by atoms with Crippen LogP contribution < -0.4 is 0 Å². The Kier molecular flexibility index (Phi) is 3.28. The van der Waals surface area contributed by atoms with E-state index >= 15 is 0 Å². The van der Waals surface area contributed by atoms with Crippen molar-refractivity contribution in [2.24, 2.45) is 23.2 Å². The summed E-state index contributed by atoms with van der Waals surface area (Å²) in [6, 6.07) is 0.156. The molecular formula is C19H26N2O4. The molecule has 0 spiro atoms. The lowest BCUT2D eigenvalue weighted by atomic mass is 9.47. The highest BCUT2D eigenvalue weighted by Gasteiger charge is 2.63. The Bertz CT molecular complexity index is 631. The average Bonchev–Trinajstić information content (AvgIpc) is 3.16. The molecule has 4 bridgehead atoms. The van der Waals surface area contributed by atoms with E-state index in [1.807, 2.05) is 22.1 Å². The van der Waals surface area contributed by atoms with Gasteiger partial charge in [0.25, 0.3) is 0 Å². The number of hydrogen-bond acceptors (Lipinski definition) is 4. The van der Waals surface area contributed by atoms with E-state index in [9.17, 15) is 14.7 Å². The summed E-state index contributed by atoms with van der Waals surface area (Å²) in [5, 5.41) is 10.0. The van der Waals surface area contributed by atoms with Crippen LogP contribution in [0.15, 0.2) is 12.3 Å². The third-order valence-electron chi connectivity index (χ3n) is 7.59. The SMILES string of the molecule is COC(=O)C12CC3CC(C1)C(N1C(=O)N4C=CCC4C1CO)C(C3)C2. The minimum Gasteiger partial charge on any atom is -0.469 e. The number of carbonyl (C=O) groups excluding carboxylic acids is 2. The molecule has 1 N–H and O–H groups in total. The molecule has 0 radical (unpaired) electrons. The van der Waals surface area contributed by atoms with E-state index in [2.05, 4.69) is 0 Å². The van der Waals surface area contributed by atoms with Crippen molar-refractivity contribution in [2.45, 2.75) is 56.7 Å². The van der Waals surface area contributed by atoms with Crippen LogP contribution in [0.2, 0.25) is 0 Å². The quantitative estimate of drug-likeness (QED) is 0.790. The molecule has 0 aromatic rings. The van der Waals surface area contributed by atoms with Gasteiger partial charge < -0.3 is 14.7 Å². The molecule has 25 heavy (non-hydrogen) atoms. The molecule has 6 heteroatoms. The van der Waals surface area contributed by atoms with Crippen molar-refractivity contribution in [3.05, 3.63) is 12.3 Å². The van der Waals surface area contributed by atoms with E-state index in [0.717, 1.165) is 38.5 Å². The van der Waals surface area contributed by atoms with Crippen LogP contribution in [0.1, 0.15) is 38.5 Å².